The Hall–Kier alpha value is -4.55. The number of hydrogen-bond donors (Lipinski definition) is 1. The zero-order valence-electron chi connectivity index (χ0n) is 19.6. The summed E-state index contributed by atoms with van der Waals surface area (Å²) in [5, 5.41) is 3.47. The van der Waals surface area contributed by atoms with E-state index >= 15 is 0 Å². The van der Waals surface area contributed by atoms with Crippen LogP contribution in [0.2, 0.25) is 0 Å². The summed E-state index contributed by atoms with van der Waals surface area (Å²) in [5.41, 5.74) is 0.880. The van der Waals surface area contributed by atoms with Crippen LogP contribution < -0.4 is 24.5 Å². The third-order valence-electron chi connectivity index (χ3n) is 5.29. The summed E-state index contributed by atoms with van der Waals surface area (Å²) in [6, 6.07) is 8.08. The van der Waals surface area contributed by atoms with Gasteiger partial charge in [-0.3, -0.25) is 9.59 Å². The van der Waals surface area contributed by atoms with Crippen molar-refractivity contribution < 1.29 is 33.0 Å². The maximum atomic E-state index is 12.8. The van der Waals surface area contributed by atoms with Gasteiger partial charge in [0.25, 0.3) is 0 Å². The van der Waals surface area contributed by atoms with Gasteiger partial charge in [-0.2, -0.15) is 0 Å². The Balaban J connectivity index is 1.37. The summed E-state index contributed by atoms with van der Waals surface area (Å²) in [7, 11) is 3.08. The van der Waals surface area contributed by atoms with Gasteiger partial charge in [0, 0.05) is 36.8 Å². The van der Waals surface area contributed by atoms with E-state index in [1.807, 2.05) is 0 Å². The number of allylic oxidation sites excluding steroid dienone is 2. The number of benzene rings is 2. The van der Waals surface area contributed by atoms with E-state index in [1.54, 1.807) is 31.4 Å². The van der Waals surface area contributed by atoms with E-state index in [1.165, 1.54) is 19.5 Å². The van der Waals surface area contributed by atoms with Gasteiger partial charge < -0.3 is 28.7 Å². The third-order valence-corrected chi connectivity index (χ3v) is 6.10. The summed E-state index contributed by atoms with van der Waals surface area (Å²) >= 11 is 0.955. The lowest BCUT2D eigenvalue weighted by Crippen LogP contribution is -2.21. The number of ether oxygens (including phenoxy) is 4. The van der Waals surface area contributed by atoms with Crippen LogP contribution in [0.4, 0.5) is 5.82 Å². The molecular weight excluding hydrogens is 502 g/mol. The molecule has 0 spiro atoms. The van der Waals surface area contributed by atoms with Gasteiger partial charge in [0.05, 0.1) is 29.6 Å². The Morgan fingerprint density at radius 3 is 2.65 bits per heavy atom. The van der Waals surface area contributed by atoms with Crippen LogP contribution in [0.25, 0.3) is 21.2 Å². The Morgan fingerprint density at radius 2 is 1.84 bits per heavy atom. The minimum Gasteiger partial charge on any atom is -0.493 e. The normalized spacial score (nSPS) is 13.5. The molecule has 0 fully saturated rings. The second-order valence-corrected chi connectivity index (χ2v) is 8.65. The second-order valence-electron chi connectivity index (χ2n) is 7.67. The number of methoxy groups -OCH3 is 2. The summed E-state index contributed by atoms with van der Waals surface area (Å²) in [6.45, 7) is 0.727. The molecule has 0 aliphatic heterocycles. The van der Waals surface area contributed by atoms with E-state index in [9.17, 15) is 14.4 Å². The van der Waals surface area contributed by atoms with Crippen molar-refractivity contribution in [3.63, 3.8) is 0 Å². The Labute approximate surface area is 212 Å². The highest BCUT2D eigenvalue weighted by Crippen LogP contribution is 2.34. The van der Waals surface area contributed by atoms with E-state index < -0.39 is 16.5 Å². The van der Waals surface area contributed by atoms with Gasteiger partial charge in [0.2, 0.25) is 11.6 Å². The number of carbonyl (C=O) groups excluding carboxylic acids is 2. The van der Waals surface area contributed by atoms with Crippen molar-refractivity contribution in [1.29, 1.82) is 0 Å². The van der Waals surface area contributed by atoms with Gasteiger partial charge in [-0.25, -0.2) is 14.8 Å². The molecule has 188 valence electrons. The predicted molar refractivity (Wildman–Crippen MR) is 134 cm³/mol. The van der Waals surface area contributed by atoms with Crippen molar-refractivity contribution in [1.82, 2.24) is 9.97 Å². The highest BCUT2D eigenvalue weighted by molar-refractivity contribution is 7.16. The van der Waals surface area contributed by atoms with Crippen molar-refractivity contribution >= 4 is 49.9 Å². The SMILES string of the molecule is COCCOc1cc2ncnc(NC3=CC(=O)C(Oc4ccc5sc(=O)oc5c4)=CC3=O)c2cc1OC. The third kappa shape index (κ3) is 5.06. The van der Waals surface area contributed by atoms with Crippen LogP contribution >= 0.6 is 11.3 Å². The van der Waals surface area contributed by atoms with Crippen LogP contribution in [0.3, 0.4) is 0 Å². The highest BCUT2D eigenvalue weighted by Gasteiger charge is 2.24. The molecule has 0 radical (unpaired) electrons. The van der Waals surface area contributed by atoms with Crippen molar-refractivity contribution in [2.45, 2.75) is 0 Å². The lowest BCUT2D eigenvalue weighted by atomic mass is 10.1. The molecule has 4 aromatic rings. The number of aromatic nitrogens is 2. The lowest BCUT2D eigenvalue weighted by molar-refractivity contribution is -0.116. The van der Waals surface area contributed by atoms with Crippen LogP contribution in [0.15, 0.2) is 69.5 Å². The number of nitrogens with one attached hydrogen (secondary N) is 1. The minimum absolute atomic E-state index is 0.0102. The molecule has 2 heterocycles. The monoisotopic (exact) mass is 521 g/mol. The Bertz CT molecular complexity index is 1650. The number of fused-ring (bicyclic) bond motifs is 2. The van der Waals surface area contributed by atoms with Crippen LogP contribution in [0.1, 0.15) is 0 Å². The molecule has 2 aromatic heterocycles. The summed E-state index contributed by atoms with van der Waals surface area (Å²) in [5.74, 6) is 0.285. The first-order valence-corrected chi connectivity index (χ1v) is 11.7. The van der Waals surface area contributed by atoms with E-state index in [0.717, 1.165) is 23.5 Å². The summed E-state index contributed by atoms with van der Waals surface area (Å²) in [6.07, 6.45) is 3.55. The first kappa shape index (κ1) is 24.2. The summed E-state index contributed by atoms with van der Waals surface area (Å²) < 4.78 is 27.5. The molecule has 12 heteroatoms. The van der Waals surface area contributed by atoms with Gasteiger partial charge in [0.15, 0.2) is 22.8 Å². The van der Waals surface area contributed by atoms with E-state index in [4.69, 9.17) is 23.4 Å². The molecule has 0 atom stereocenters. The minimum atomic E-state index is -0.529. The first-order valence-electron chi connectivity index (χ1n) is 10.9. The molecule has 0 saturated heterocycles. The Kier molecular flexibility index (Phi) is 6.66. The molecule has 0 unspecified atom stereocenters. The predicted octanol–water partition coefficient (Wildman–Crippen LogP) is 3.24. The number of carbonyl (C=O) groups is 2. The molecule has 0 amide bonds. The lowest BCUT2D eigenvalue weighted by Gasteiger charge is -2.16. The largest absolute Gasteiger partial charge is 0.493 e. The summed E-state index contributed by atoms with van der Waals surface area (Å²) in [4.78, 5) is 45.0. The van der Waals surface area contributed by atoms with Gasteiger partial charge >= 0.3 is 4.94 Å². The molecule has 1 aliphatic rings. The van der Waals surface area contributed by atoms with Crippen molar-refractivity contribution in [3.8, 4) is 17.2 Å². The van der Waals surface area contributed by atoms with Gasteiger partial charge in [-0.05, 0) is 18.2 Å². The van der Waals surface area contributed by atoms with Crippen molar-refractivity contribution in [2.75, 3.05) is 32.8 Å². The number of hydrogen-bond acceptors (Lipinski definition) is 12. The maximum absolute atomic E-state index is 12.8. The molecule has 0 bridgehead atoms. The van der Waals surface area contributed by atoms with Gasteiger partial charge in [-0.15, -0.1) is 0 Å². The van der Waals surface area contributed by atoms with Crippen LogP contribution in [-0.4, -0.2) is 49.0 Å². The Morgan fingerprint density at radius 1 is 0.973 bits per heavy atom. The molecule has 2 aromatic carbocycles. The zero-order valence-corrected chi connectivity index (χ0v) is 20.4. The second kappa shape index (κ2) is 10.2. The number of ketones is 2. The molecule has 5 rings (SSSR count). The maximum Gasteiger partial charge on any atom is 0.396 e. The molecule has 1 N–H and O–H groups in total. The number of rotatable bonds is 9. The average Bonchev–Trinajstić information content (AvgIpc) is 3.26. The fourth-order valence-corrected chi connectivity index (χ4v) is 4.21. The highest BCUT2D eigenvalue weighted by atomic mass is 32.1. The van der Waals surface area contributed by atoms with Gasteiger partial charge in [0.1, 0.15) is 24.5 Å². The fraction of sp³-hybridized carbons (Fsp3) is 0.160. The van der Waals surface area contributed by atoms with Crippen LogP contribution in [-0.2, 0) is 14.3 Å². The standard InChI is InChI=1S/C25H19N3O8S/c1-32-5-6-34-21-10-15-14(8-20(21)33-2)24(27-12-26-15)28-16-9-18(30)19(11-17(16)29)35-13-3-4-23-22(7-13)36-25(31)37-23/h3-4,7-12H,5-6H2,1-2H3,(H,26,27,28). The van der Waals surface area contributed by atoms with Crippen molar-refractivity contribution in [3.05, 3.63) is 70.0 Å². The average molecular weight is 522 g/mol. The molecular formula is C25H19N3O8S. The van der Waals surface area contributed by atoms with Crippen LogP contribution in [0, 0.1) is 0 Å². The molecule has 0 saturated carbocycles. The molecule has 1 aliphatic carbocycles. The fourth-order valence-electron chi connectivity index (χ4n) is 3.56. The van der Waals surface area contributed by atoms with E-state index in [2.05, 4.69) is 15.3 Å². The zero-order chi connectivity index (χ0) is 25.9. The van der Waals surface area contributed by atoms with Gasteiger partial charge in [-0.1, -0.05) is 11.3 Å². The smallest absolute Gasteiger partial charge is 0.396 e. The number of anilines is 1. The quantitative estimate of drug-likeness (QED) is 0.256. The first-order chi connectivity index (χ1) is 17.9. The van der Waals surface area contributed by atoms with Crippen LogP contribution in [0.5, 0.6) is 17.2 Å². The molecule has 37 heavy (non-hydrogen) atoms. The molecule has 11 nitrogen and oxygen atoms in total. The van der Waals surface area contributed by atoms with Crippen molar-refractivity contribution in [2.24, 2.45) is 0 Å². The topological polar surface area (TPSA) is 139 Å². The van der Waals surface area contributed by atoms with E-state index in [0.29, 0.717) is 51.7 Å². The van der Waals surface area contributed by atoms with E-state index in [-0.39, 0.29) is 17.2 Å². The number of nitrogens with zero attached hydrogens (tertiary/aromatic N) is 2.